The molecule has 0 bridgehead atoms. The van der Waals surface area contributed by atoms with Gasteiger partial charge in [0.2, 0.25) is 0 Å². The number of nitrogens with zero attached hydrogens (tertiary/aromatic N) is 2. The van der Waals surface area contributed by atoms with Crippen LogP contribution in [0.5, 0.6) is 5.75 Å². The molecule has 0 aliphatic heterocycles. The van der Waals surface area contributed by atoms with Crippen molar-refractivity contribution in [2.75, 3.05) is 7.11 Å². The highest BCUT2D eigenvalue weighted by Crippen LogP contribution is 2.13. The van der Waals surface area contributed by atoms with Crippen molar-refractivity contribution in [1.82, 2.24) is 9.78 Å². The first-order valence-corrected chi connectivity index (χ1v) is 4.45. The summed E-state index contributed by atoms with van der Waals surface area (Å²) in [4.78, 5) is 0. The molecule has 0 N–H and O–H groups in total. The van der Waals surface area contributed by atoms with E-state index in [4.69, 9.17) is 4.74 Å². The van der Waals surface area contributed by atoms with Gasteiger partial charge in [-0.05, 0) is 24.6 Å². The van der Waals surface area contributed by atoms with Gasteiger partial charge < -0.3 is 4.74 Å². The number of ether oxygens (including phenoxy) is 1. The third-order valence-electron chi connectivity index (χ3n) is 2.06. The molecule has 1 aromatic carbocycles. The molecule has 0 aliphatic rings. The van der Waals surface area contributed by atoms with Crippen molar-refractivity contribution >= 4 is 0 Å². The maximum absolute atomic E-state index is 5.06. The number of aromatic nitrogens is 2. The van der Waals surface area contributed by atoms with Crippen LogP contribution in [0.15, 0.2) is 36.7 Å². The molecular formula is C11H12N2O. The van der Waals surface area contributed by atoms with Crippen LogP contribution in [0.3, 0.4) is 0 Å². The van der Waals surface area contributed by atoms with E-state index >= 15 is 0 Å². The lowest BCUT2D eigenvalue weighted by Gasteiger charge is -2.01. The van der Waals surface area contributed by atoms with Crippen LogP contribution in [-0.4, -0.2) is 16.9 Å². The fraction of sp³-hybridized carbons (Fsp3) is 0.182. The summed E-state index contributed by atoms with van der Waals surface area (Å²) in [5.41, 5.74) is 2.27. The van der Waals surface area contributed by atoms with Crippen molar-refractivity contribution in [3.63, 3.8) is 0 Å². The van der Waals surface area contributed by atoms with Gasteiger partial charge in [-0.1, -0.05) is 12.1 Å². The predicted molar refractivity (Wildman–Crippen MR) is 54.9 cm³/mol. The molecule has 1 aromatic heterocycles. The molecule has 72 valence electrons. The third kappa shape index (κ3) is 1.62. The van der Waals surface area contributed by atoms with Crippen LogP contribution in [-0.2, 0) is 0 Å². The average Bonchev–Trinajstić information content (AvgIpc) is 2.66. The molecule has 2 aromatic rings. The van der Waals surface area contributed by atoms with E-state index in [-0.39, 0.29) is 0 Å². The van der Waals surface area contributed by atoms with Gasteiger partial charge in [0.15, 0.2) is 5.75 Å². The molecule has 0 amide bonds. The van der Waals surface area contributed by atoms with Crippen LogP contribution in [0.2, 0.25) is 0 Å². The minimum atomic E-state index is 0.770. The highest BCUT2D eigenvalue weighted by molar-refractivity contribution is 5.35. The number of rotatable bonds is 2. The fourth-order valence-corrected chi connectivity index (χ4v) is 1.32. The van der Waals surface area contributed by atoms with Crippen molar-refractivity contribution in [3.8, 4) is 11.4 Å². The van der Waals surface area contributed by atoms with E-state index in [2.05, 4.69) is 24.2 Å². The second-order valence-electron chi connectivity index (χ2n) is 3.16. The highest BCUT2D eigenvalue weighted by Gasteiger charge is 1.99. The molecule has 0 saturated heterocycles. The minimum Gasteiger partial charge on any atom is -0.493 e. The first-order valence-electron chi connectivity index (χ1n) is 4.45. The van der Waals surface area contributed by atoms with Crippen molar-refractivity contribution < 1.29 is 4.74 Å². The molecule has 3 heteroatoms. The van der Waals surface area contributed by atoms with Gasteiger partial charge in [0.1, 0.15) is 0 Å². The van der Waals surface area contributed by atoms with E-state index in [1.165, 1.54) is 5.56 Å². The summed E-state index contributed by atoms with van der Waals surface area (Å²) in [5, 5.41) is 4.19. The molecular weight excluding hydrogens is 176 g/mol. The quantitative estimate of drug-likeness (QED) is 0.722. The zero-order valence-corrected chi connectivity index (χ0v) is 8.27. The summed E-state index contributed by atoms with van der Waals surface area (Å²) < 4.78 is 6.86. The van der Waals surface area contributed by atoms with Gasteiger partial charge in [-0.3, -0.25) is 0 Å². The van der Waals surface area contributed by atoms with Crippen molar-refractivity contribution in [2.24, 2.45) is 0 Å². The maximum atomic E-state index is 5.06. The van der Waals surface area contributed by atoms with E-state index < -0.39 is 0 Å². The Morgan fingerprint density at radius 3 is 2.86 bits per heavy atom. The zero-order valence-electron chi connectivity index (χ0n) is 8.27. The number of aryl methyl sites for hydroxylation is 1. The summed E-state index contributed by atoms with van der Waals surface area (Å²) >= 11 is 0. The van der Waals surface area contributed by atoms with Crippen LogP contribution in [0.25, 0.3) is 5.69 Å². The summed E-state index contributed by atoms with van der Waals surface area (Å²) in [6.45, 7) is 2.06. The topological polar surface area (TPSA) is 27.1 Å². The fourth-order valence-electron chi connectivity index (χ4n) is 1.32. The largest absolute Gasteiger partial charge is 0.493 e. The van der Waals surface area contributed by atoms with Gasteiger partial charge in [-0.25, -0.2) is 4.68 Å². The molecule has 0 saturated carbocycles. The van der Waals surface area contributed by atoms with E-state index in [1.54, 1.807) is 18.0 Å². The Labute approximate surface area is 82.9 Å². The van der Waals surface area contributed by atoms with Gasteiger partial charge in [0.25, 0.3) is 0 Å². The lowest BCUT2D eigenvalue weighted by Crippen LogP contribution is -1.93. The SMILES string of the molecule is COc1cnn(-c2cccc(C)c2)c1. The van der Waals surface area contributed by atoms with Gasteiger partial charge in [-0.15, -0.1) is 0 Å². The molecule has 0 atom stereocenters. The van der Waals surface area contributed by atoms with Crippen LogP contribution >= 0.6 is 0 Å². The Morgan fingerprint density at radius 1 is 1.36 bits per heavy atom. The van der Waals surface area contributed by atoms with Gasteiger partial charge >= 0.3 is 0 Å². The molecule has 1 heterocycles. The van der Waals surface area contributed by atoms with E-state index in [0.29, 0.717) is 0 Å². The lowest BCUT2D eigenvalue weighted by molar-refractivity contribution is 0.414. The Hall–Kier alpha value is -1.77. The van der Waals surface area contributed by atoms with Crippen molar-refractivity contribution in [2.45, 2.75) is 6.92 Å². The average molecular weight is 188 g/mol. The monoisotopic (exact) mass is 188 g/mol. The Balaban J connectivity index is 2.39. The van der Waals surface area contributed by atoms with Crippen LogP contribution < -0.4 is 4.74 Å². The van der Waals surface area contributed by atoms with Crippen LogP contribution in [0, 0.1) is 6.92 Å². The highest BCUT2D eigenvalue weighted by atomic mass is 16.5. The number of hydrogen-bond donors (Lipinski definition) is 0. The van der Waals surface area contributed by atoms with E-state index in [9.17, 15) is 0 Å². The summed E-state index contributed by atoms with van der Waals surface area (Å²) in [6.07, 6.45) is 3.55. The number of methoxy groups -OCH3 is 1. The standard InChI is InChI=1S/C11H12N2O/c1-9-4-3-5-10(6-9)13-8-11(14-2)7-12-13/h3-8H,1-2H3. The first-order chi connectivity index (χ1) is 6.79. The third-order valence-corrected chi connectivity index (χ3v) is 2.06. The first kappa shape index (κ1) is 8.81. The normalized spacial score (nSPS) is 10.1. The molecule has 3 nitrogen and oxygen atoms in total. The van der Waals surface area contributed by atoms with E-state index in [0.717, 1.165) is 11.4 Å². The van der Waals surface area contributed by atoms with Gasteiger partial charge in [0.05, 0.1) is 25.2 Å². The van der Waals surface area contributed by atoms with Crippen molar-refractivity contribution in [3.05, 3.63) is 42.2 Å². The van der Waals surface area contributed by atoms with Gasteiger partial charge in [-0.2, -0.15) is 5.10 Å². The Morgan fingerprint density at radius 2 is 2.21 bits per heavy atom. The molecule has 0 radical (unpaired) electrons. The molecule has 0 aliphatic carbocycles. The van der Waals surface area contributed by atoms with E-state index in [1.807, 2.05) is 18.3 Å². The van der Waals surface area contributed by atoms with Crippen LogP contribution in [0.4, 0.5) is 0 Å². The minimum absolute atomic E-state index is 0.770. The van der Waals surface area contributed by atoms with Crippen molar-refractivity contribution in [1.29, 1.82) is 0 Å². The zero-order chi connectivity index (χ0) is 9.97. The molecule has 0 fully saturated rings. The number of hydrogen-bond acceptors (Lipinski definition) is 2. The Kier molecular flexibility index (Phi) is 2.23. The Bertz CT molecular complexity index is 434. The molecule has 2 rings (SSSR count). The van der Waals surface area contributed by atoms with Crippen LogP contribution in [0.1, 0.15) is 5.56 Å². The summed E-state index contributed by atoms with van der Waals surface area (Å²) in [6, 6.07) is 8.16. The molecule has 0 spiro atoms. The molecule has 14 heavy (non-hydrogen) atoms. The smallest absolute Gasteiger partial charge is 0.157 e. The maximum Gasteiger partial charge on any atom is 0.157 e. The van der Waals surface area contributed by atoms with Gasteiger partial charge in [0, 0.05) is 0 Å². The second kappa shape index (κ2) is 3.54. The lowest BCUT2D eigenvalue weighted by atomic mass is 10.2. The summed E-state index contributed by atoms with van der Waals surface area (Å²) in [7, 11) is 1.64. The number of benzene rings is 1. The predicted octanol–water partition coefficient (Wildman–Crippen LogP) is 2.19. The summed E-state index contributed by atoms with van der Waals surface area (Å²) in [5.74, 6) is 0.770. The second-order valence-corrected chi connectivity index (χ2v) is 3.16. The molecule has 0 unspecified atom stereocenters.